The molecule has 158 valence electrons. The lowest BCUT2D eigenvalue weighted by Crippen LogP contribution is -2.22. The quantitative estimate of drug-likeness (QED) is 0.326. The Morgan fingerprint density at radius 2 is 1.68 bits per heavy atom. The van der Waals surface area contributed by atoms with Crippen LogP contribution in [0.5, 0.6) is 0 Å². The van der Waals surface area contributed by atoms with E-state index in [1.807, 2.05) is 13.2 Å². The van der Waals surface area contributed by atoms with Crippen LogP contribution in [0.1, 0.15) is 27.3 Å². The molecule has 0 aliphatic rings. The summed E-state index contributed by atoms with van der Waals surface area (Å²) in [6.07, 6.45) is 1.93. The molecule has 0 bridgehead atoms. The topological polar surface area (TPSA) is 107 Å². The number of allylic oxidation sites excluding steroid dienone is 1. The molecule has 0 fully saturated rings. The van der Waals surface area contributed by atoms with Gasteiger partial charge in [-0.1, -0.05) is 24.3 Å². The van der Waals surface area contributed by atoms with Crippen molar-refractivity contribution in [2.75, 3.05) is 34.0 Å². The van der Waals surface area contributed by atoms with Crippen LogP contribution >= 0.6 is 11.3 Å². The number of rotatable bonds is 11. The first-order chi connectivity index (χ1) is 15.0. The first-order valence-electron chi connectivity index (χ1n) is 9.80. The van der Waals surface area contributed by atoms with E-state index in [1.54, 1.807) is 42.7 Å². The molecule has 0 aliphatic heterocycles. The SMILES string of the molecule is COCC[O+](C)CCc1ccc(CCC(C#N)(C#N)c2ccc(C(=C=N)C#N)cc2)s1. The molecule has 0 unspecified atom stereocenters. The molecule has 0 aliphatic carbocycles. The third-order valence-corrected chi connectivity index (χ3v) is 6.29. The van der Waals surface area contributed by atoms with E-state index in [4.69, 9.17) is 15.4 Å². The molecule has 0 amide bonds. The summed E-state index contributed by atoms with van der Waals surface area (Å²) in [6.45, 7) is 2.36. The monoisotopic (exact) mass is 433 g/mol. The largest absolute Gasteiger partial charge is 0.422 e. The summed E-state index contributed by atoms with van der Waals surface area (Å²) >= 11 is 1.71. The number of ether oxygens (including phenoxy) is 1. The predicted octanol–water partition coefficient (Wildman–Crippen LogP) is 4.19. The Labute approximate surface area is 187 Å². The highest BCUT2D eigenvalue weighted by atomic mass is 32.1. The summed E-state index contributed by atoms with van der Waals surface area (Å²) in [7, 11) is 3.68. The highest BCUT2D eigenvalue weighted by Crippen LogP contribution is 2.31. The molecule has 0 saturated heterocycles. The molecule has 0 spiro atoms. The van der Waals surface area contributed by atoms with Gasteiger partial charge in [-0.3, -0.25) is 5.41 Å². The highest BCUT2D eigenvalue weighted by Gasteiger charge is 2.32. The normalized spacial score (nSPS) is 10.7. The first-order valence-corrected chi connectivity index (χ1v) is 10.6. The number of methoxy groups -OCH3 is 1. The number of nitriles is 3. The van der Waals surface area contributed by atoms with E-state index in [1.165, 1.54) is 4.88 Å². The zero-order chi connectivity index (χ0) is 22.7. The van der Waals surface area contributed by atoms with Crippen molar-refractivity contribution in [1.29, 1.82) is 21.2 Å². The second-order valence-electron chi connectivity index (χ2n) is 7.12. The van der Waals surface area contributed by atoms with Crippen LogP contribution in [0.4, 0.5) is 0 Å². The van der Waals surface area contributed by atoms with Gasteiger partial charge in [0.25, 0.3) is 0 Å². The minimum Gasteiger partial charge on any atom is -0.422 e. The number of nitrogens with one attached hydrogen (secondary N) is 1. The minimum absolute atomic E-state index is 0.114. The molecule has 6 nitrogen and oxygen atoms in total. The van der Waals surface area contributed by atoms with Crippen molar-refractivity contribution >= 4 is 22.8 Å². The Bertz CT molecular complexity index is 1030. The summed E-state index contributed by atoms with van der Waals surface area (Å²) in [5.74, 6) is 2.10. The highest BCUT2D eigenvalue weighted by molar-refractivity contribution is 7.12. The van der Waals surface area contributed by atoms with Gasteiger partial charge in [0, 0.05) is 22.4 Å². The van der Waals surface area contributed by atoms with Gasteiger partial charge >= 0.3 is 0 Å². The van der Waals surface area contributed by atoms with Gasteiger partial charge in [-0.05, 0) is 36.4 Å². The fourth-order valence-corrected chi connectivity index (χ4v) is 4.10. The minimum atomic E-state index is -1.26. The van der Waals surface area contributed by atoms with E-state index in [2.05, 4.69) is 34.5 Å². The smallest absolute Gasteiger partial charge is 0.169 e. The number of hydrogen-bond donors (Lipinski definition) is 1. The van der Waals surface area contributed by atoms with E-state index >= 15 is 0 Å². The van der Waals surface area contributed by atoms with Gasteiger partial charge in [0.2, 0.25) is 0 Å². The molecule has 2 aromatic rings. The first kappa shape index (κ1) is 24.0. The molecule has 1 N–H and O–H groups in total. The number of nitrogens with zero attached hydrogens (tertiary/aromatic N) is 3. The maximum absolute atomic E-state index is 9.81. The molecular formula is C24H25N4O2S+. The van der Waals surface area contributed by atoms with Crippen LogP contribution in [0.25, 0.3) is 5.57 Å². The van der Waals surface area contributed by atoms with Gasteiger partial charge in [0.15, 0.2) is 18.6 Å². The second-order valence-corrected chi connectivity index (χ2v) is 8.37. The zero-order valence-electron chi connectivity index (χ0n) is 17.8. The van der Waals surface area contributed by atoms with Crippen LogP contribution in [0.2, 0.25) is 0 Å². The van der Waals surface area contributed by atoms with Crippen LogP contribution in [-0.2, 0) is 27.4 Å². The third kappa shape index (κ3) is 6.37. The Kier molecular flexibility index (Phi) is 9.16. The van der Waals surface area contributed by atoms with Crippen LogP contribution < -0.4 is 0 Å². The van der Waals surface area contributed by atoms with E-state index in [0.717, 1.165) is 24.5 Å². The van der Waals surface area contributed by atoms with Crippen molar-refractivity contribution < 1.29 is 9.10 Å². The lowest BCUT2D eigenvalue weighted by atomic mass is 9.79. The lowest BCUT2D eigenvalue weighted by Gasteiger charge is -2.19. The molecule has 1 aromatic heterocycles. The van der Waals surface area contributed by atoms with Crippen molar-refractivity contribution in [1.82, 2.24) is 0 Å². The summed E-state index contributed by atoms with van der Waals surface area (Å²) in [5.41, 5.74) is -0.0120. The Morgan fingerprint density at radius 3 is 2.23 bits per heavy atom. The maximum atomic E-state index is 9.81. The fourth-order valence-electron chi connectivity index (χ4n) is 3.10. The van der Waals surface area contributed by atoms with Gasteiger partial charge in [0.1, 0.15) is 25.4 Å². The zero-order valence-corrected chi connectivity index (χ0v) is 18.6. The number of hydrogen-bond acceptors (Lipinski definition) is 6. The average molecular weight is 434 g/mol. The third-order valence-electron chi connectivity index (χ3n) is 5.08. The number of benzene rings is 1. The Hall–Kier alpha value is -3.24. The van der Waals surface area contributed by atoms with E-state index in [9.17, 15) is 10.5 Å². The van der Waals surface area contributed by atoms with Gasteiger partial charge in [-0.15, -0.1) is 11.3 Å². The molecule has 2 rings (SSSR count). The van der Waals surface area contributed by atoms with Crippen molar-refractivity contribution in [3.63, 3.8) is 0 Å². The Balaban J connectivity index is 2.05. The lowest BCUT2D eigenvalue weighted by molar-refractivity contribution is -0.113. The molecular weight excluding hydrogens is 408 g/mol. The van der Waals surface area contributed by atoms with Gasteiger partial charge in [0.05, 0.1) is 18.6 Å². The molecule has 0 radical (unpaired) electrons. The average Bonchev–Trinajstić information content (AvgIpc) is 3.27. The van der Waals surface area contributed by atoms with E-state index in [-0.39, 0.29) is 5.57 Å². The van der Waals surface area contributed by atoms with Crippen LogP contribution in [0.3, 0.4) is 0 Å². The van der Waals surface area contributed by atoms with E-state index in [0.29, 0.717) is 30.6 Å². The standard InChI is InChI=1S/C24H25N4O2S/c1-29-12-14-30(2)13-10-23-8-7-22(31-23)9-11-24(17-27,18-28)21-5-3-19(4-6-21)20(15-25)16-26/h3-8,25H,9-14H2,1-2H3/q+1. The summed E-state index contributed by atoms with van der Waals surface area (Å²) in [4.78, 5) is 2.41. The molecule has 1 heterocycles. The molecule has 0 saturated carbocycles. The van der Waals surface area contributed by atoms with Crippen LogP contribution in [-0.4, -0.2) is 39.9 Å². The van der Waals surface area contributed by atoms with Crippen LogP contribution in [0.15, 0.2) is 36.4 Å². The fraction of sp³-hybridized carbons (Fsp3) is 0.375. The predicted molar refractivity (Wildman–Crippen MR) is 121 cm³/mol. The van der Waals surface area contributed by atoms with Gasteiger partial charge in [-0.2, -0.15) is 15.8 Å². The summed E-state index contributed by atoms with van der Waals surface area (Å²) < 4.78 is 8.12. The van der Waals surface area contributed by atoms with Gasteiger partial charge in [-0.25, -0.2) is 0 Å². The van der Waals surface area contributed by atoms with Crippen molar-refractivity contribution in [2.24, 2.45) is 0 Å². The van der Waals surface area contributed by atoms with Crippen molar-refractivity contribution in [3.05, 3.63) is 57.3 Å². The van der Waals surface area contributed by atoms with Crippen molar-refractivity contribution in [3.8, 4) is 18.2 Å². The van der Waals surface area contributed by atoms with Crippen molar-refractivity contribution in [2.45, 2.75) is 24.7 Å². The maximum Gasteiger partial charge on any atom is 0.169 e. The molecule has 7 heteroatoms. The number of thiophene rings is 1. The molecule has 1 aromatic carbocycles. The summed E-state index contributed by atoms with van der Waals surface area (Å²) in [6, 6.07) is 17.1. The number of aryl methyl sites for hydroxylation is 1. The van der Waals surface area contributed by atoms with E-state index < -0.39 is 5.41 Å². The molecule has 0 atom stereocenters. The van der Waals surface area contributed by atoms with Crippen LogP contribution in [0, 0.1) is 39.4 Å². The van der Waals surface area contributed by atoms with Gasteiger partial charge < -0.3 is 9.10 Å². The molecule has 31 heavy (non-hydrogen) atoms. The second kappa shape index (κ2) is 11.8. The summed E-state index contributed by atoms with van der Waals surface area (Å²) in [5, 5.41) is 35.8. The Morgan fingerprint density at radius 1 is 1.03 bits per heavy atom.